The molecule has 1 fully saturated rings. The number of hydrogen-bond donors (Lipinski definition) is 1. The molecule has 122 valence electrons. The molecule has 0 spiro atoms. The lowest BCUT2D eigenvalue weighted by Crippen LogP contribution is -3.10. The molecule has 1 aliphatic heterocycles. The number of hydrogen-bond acceptors (Lipinski definition) is 1. The van der Waals surface area contributed by atoms with Crippen molar-refractivity contribution in [1.29, 1.82) is 0 Å². The first-order chi connectivity index (χ1) is 11.2. The summed E-state index contributed by atoms with van der Waals surface area (Å²) in [6.07, 6.45) is 2.75. The van der Waals surface area contributed by atoms with Gasteiger partial charge in [0.15, 0.2) is 0 Å². The van der Waals surface area contributed by atoms with Crippen LogP contribution in [0.4, 0.5) is 0 Å². The summed E-state index contributed by atoms with van der Waals surface area (Å²) >= 11 is 0. The SMILES string of the molecule is CC(C)(c1ccccc1)c1ccc(OCC[NH+]2CCCC2)cc1. The summed E-state index contributed by atoms with van der Waals surface area (Å²) in [5, 5.41) is 0. The van der Waals surface area contributed by atoms with E-state index in [4.69, 9.17) is 4.74 Å². The normalized spacial score (nSPS) is 15.7. The largest absolute Gasteiger partial charge is 0.488 e. The van der Waals surface area contributed by atoms with Crippen LogP contribution in [0.25, 0.3) is 0 Å². The molecule has 1 aliphatic rings. The Morgan fingerprint density at radius 2 is 1.48 bits per heavy atom. The first kappa shape index (κ1) is 16.1. The molecule has 1 N–H and O–H groups in total. The van der Waals surface area contributed by atoms with Gasteiger partial charge in [-0.1, -0.05) is 56.3 Å². The molecule has 0 aliphatic carbocycles. The molecule has 0 unspecified atom stereocenters. The molecule has 2 aromatic rings. The van der Waals surface area contributed by atoms with Gasteiger partial charge in [-0.3, -0.25) is 0 Å². The second kappa shape index (κ2) is 7.18. The van der Waals surface area contributed by atoms with E-state index in [-0.39, 0.29) is 5.41 Å². The van der Waals surface area contributed by atoms with E-state index in [0.717, 1.165) is 18.9 Å². The Morgan fingerprint density at radius 3 is 2.13 bits per heavy atom. The highest BCUT2D eigenvalue weighted by Crippen LogP contribution is 2.32. The van der Waals surface area contributed by atoms with Gasteiger partial charge < -0.3 is 9.64 Å². The van der Waals surface area contributed by atoms with Crippen LogP contribution in [0.15, 0.2) is 54.6 Å². The van der Waals surface area contributed by atoms with Gasteiger partial charge in [0.1, 0.15) is 18.9 Å². The van der Waals surface area contributed by atoms with Gasteiger partial charge in [-0.2, -0.15) is 0 Å². The summed E-state index contributed by atoms with van der Waals surface area (Å²) in [4.78, 5) is 1.69. The van der Waals surface area contributed by atoms with Gasteiger partial charge in [0, 0.05) is 18.3 Å². The lowest BCUT2D eigenvalue weighted by molar-refractivity contribution is -0.887. The van der Waals surface area contributed by atoms with Crippen LogP contribution < -0.4 is 9.64 Å². The van der Waals surface area contributed by atoms with Crippen LogP contribution in [0.2, 0.25) is 0 Å². The second-order valence-corrected chi connectivity index (χ2v) is 7.07. The Bertz CT molecular complexity index is 597. The molecule has 23 heavy (non-hydrogen) atoms. The molecule has 0 atom stereocenters. The Morgan fingerprint density at radius 1 is 0.870 bits per heavy atom. The third-order valence-corrected chi connectivity index (χ3v) is 5.11. The summed E-state index contributed by atoms with van der Waals surface area (Å²) in [6.45, 7) is 9.11. The maximum absolute atomic E-state index is 5.92. The molecule has 0 aromatic heterocycles. The number of likely N-dealkylation sites (tertiary alicyclic amines) is 1. The van der Waals surface area contributed by atoms with Crippen LogP contribution in [0.5, 0.6) is 5.75 Å². The van der Waals surface area contributed by atoms with E-state index in [1.54, 1.807) is 4.90 Å². The van der Waals surface area contributed by atoms with E-state index in [2.05, 4.69) is 68.4 Å². The molecule has 0 bridgehead atoms. The van der Waals surface area contributed by atoms with Crippen LogP contribution in [-0.4, -0.2) is 26.2 Å². The molecule has 1 saturated heterocycles. The topological polar surface area (TPSA) is 13.7 Å². The van der Waals surface area contributed by atoms with Crippen molar-refractivity contribution in [3.8, 4) is 5.75 Å². The van der Waals surface area contributed by atoms with E-state index in [9.17, 15) is 0 Å². The fourth-order valence-electron chi connectivity index (χ4n) is 3.43. The molecule has 1 heterocycles. The predicted octanol–water partition coefficient (Wildman–Crippen LogP) is 3.07. The van der Waals surface area contributed by atoms with Crippen molar-refractivity contribution < 1.29 is 9.64 Å². The lowest BCUT2D eigenvalue weighted by Gasteiger charge is -2.26. The Balaban J connectivity index is 1.60. The number of rotatable bonds is 6. The quantitative estimate of drug-likeness (QED) is 0.866. The maximum Gasteiger partial charge on any atom is 0.137 e. The van der Waals surface area contributed by atoms with Crippen LogP contribution in [0, 0.1) is 0 Å². The Labute approximate surface area is 140 Å². The van der Waals surface area contributed by atoms with Crippen LogP contribution >= 0.6 is 0 Å². The first-order valence-electron chi connectivity index (χ1n) is 8.79. The molecule has 0 radical (unpaired) electrons. The average Bonchev–Trinajstić information content (AvgIpc) is 3.10. The van der Waals surface area contributed by atoms with Gasteiger partial charge in [-0.25, -0.2) is 0 Å². The van der Waals surface area contributed by atoms with E-state index in [1.807, 2.05) is 0 Å². The number of quaternary nitrogens is 1. The first-order valence-corrected chi connectivity index (χ1v) is 8.79. The molecule has 2 heteroatoms. The highest BCUT2D eigenvalue weighted by molar-refractivity contribution is 5.39. The lowest BCUT2D eigenvalue weighted by atomic mass is 9.78. The number of benzene rings is 2. The van der Waals surface area contributed by atoms with E-state index in [1.165, 1.54) is 37.1 Å². The standard InChI is InChI=1S/C21H27NO/c1-21(2,18-8-4-3-5-9-18)19-10-12-20(13-11-19)23-17-16-22-14-6-7-15-22/h3-5,8-13H,6-7,14-17H2,1-2H3/p+1. The van der Waals surface area contributed by atoms with Crippen LogP contribution in [-0.2, 0) is 5.41 Å². The van der Waals surface area contributed by atoms with Gasteiger partial charge in [-0.15, -0.1) is 0 Å². The number of nitrogens with one attached hydrogen (secondary N) is 1. The summed E-state index contributed by atoms with van der Waals surface area (Å²) in [5.41, 5.74) is 2.67. The predicted molar refractivity (Wildman–Crippen MR) is 95.3 cm³/mol. The van der Waals surface area contributed by atoms with Gasteiger partial charge in [0.25, 0.3) is 0 Å². The van der Waals surface area contributed by atoms with Crippen LogP contribution in [0.3, 0.4) is 0 Å². The molecule has 0 amide bonds. The Kier molecular flexibility index (Phi) is 5.02. The highest BCUT2D eigenvalue weighted by Gasteiger charge is 2.22. The zero-order chi connectivity index (χ0) is 16.1. The second-order valence-electron chi connectivity index (χ2n) is 7.07. The third kappa shape index (κ3) is 3.94. The van der Waals surface area contributed by atoms with Gasteiger partial charge in [-0.05, 0) is 23.3 Å². The van der Waals surface area contributed by atoms with Crippen molar-refractivity contribution in [3.05, 3.63) is 65.7 Å². The maximum atomic E-state index is 5.92. The zero-order valence-corrected chi connectivity index (χ0v) is 14.3. The van der Waals surface area contributed by atoms with Crippen molar-refractivity contribution in [2.45, 2.75) is 32.1 Å². The fourth-order valence-corrected chi connectivity index (χ4v) is 3.43. The summed E-state index contributed by atoms with van der Waals surface area (Å²) in [5.74, 6) is 0.983. The summed E-state index contributed by atoms with van der Waals surface area (Å²) in [6, 6.07) is 19.3. The van der Waals surface area contributed by atoms with Crippen molar-refractivity contribution in [2.75, 3.05) is 26.2 Å². The minimum atomic E-state index is 0.0134. The van der Waals surface area contributed by atoms with Crippen LogP contribution in [0.1, 0.15) is 37.8 Å². The summed E-state index contributed by atoms with van der Waals surface area (Å²) in [7, 11) is 0. The Hall–Kier alpha value is -1.80. The van der Waals surface area contributed by atoms with Crippen molar-refractivity contribution >= 4 is 0 Å². The molecule has 2 nitrogen and oxygen atoms in total. The van der Waals surface area contributed by atoms with E-state index in [0.29, 0.717) is 0 Å². The molecule has 3 rings (SSSR count). The minimum Gasteiger partial charge on any atom is -0.488 e. The van der Waals surface area contributed by atoms with Gasteiger partial charge in [0.2, 0.25) is 0 Å². The summed E-state index contributed by atoms with van der Waals surface area (Å²) < 4.78 is 5.92. The van der Waals surface area contributed by atoms with Gasteiger partial charge >= 0.3 is 0 Å². The molecular weight excluding hydrogens is 282 g/mol. The van der Waals surface area contributed by atoms with E-state index < -0.39 is 0 Å². The average molecular weight is 310 g/mol. The van der Waals surface area contributed by atoms with Gasteiger partial charge in [0.05, 0.1) is 13.1 Å². The van der Waals surface area contributed by atoms with Crippen molar-refractivity contribution in [2.24, 2.45) is 0 Å². The third-order valence-electron chi connectivity index (χ3n) is 5.11. The van der Waals surface area contributed by atoms with E-state index >= 15 is 0 Å². The van der Waals surface area contributed by atoms with Crippen molar-refractivity contribution in [3.63, 3.8) is 0 Å². The zero-order valence-electron chi connectivity index (χ0n) is 14.3. The molecular formula is C21H28NO+. The number of ether oxygens (including phenoxy) is 1. The fraction of sp³-hybridized carbons (Fsp3) is 0.429. The molecule has 2 aromatic carbocycles. The monoisotopic (exact) mass is 310 g/mol. The minimum absolute atomic E-state index is 0.0134. The molecule has 0 saturated carbocycles. The van der Waals surface area contributed by atoms with Crippen molar-refractivity contribution in [1.82, 2.24) is 0 Å². The smallest absolute Gasteiger partial charge is 0.137 e. The highest BCUT2D eigenvalue weighted by atomic mass is 16.5.